The number of nitrogens with one attached hydrogen (secondary N) is 2. The lowest BCUT2D eigenvalue weighted by Gasteiger charge is -2.34. The number of rotatable bonds is 13. The molecule has 0 heterocycles. The van der Waals surface area contributed by atoms with Gasteiger partial charge in [0.2, 0.25) is 11.8 Å². The molecule has 9 heteroatoms. The average molecular weight is 544 g/mol. The number of alkyl carbamates (subject to hydrolysis) is 1. The second-order valence-electron chi connectivity index (χ2n) is 10.1. The van der Waals surface area contributed by atoms with E-state index >= 15 is 0 Å². The van der Waals surface area contributed by atoms with Crippen molar-refractivity contribution in [3.8, 4) is 5.75 Å². The van der Waals surface area contributed by atoms with Crippen LogP contribution in [-0.4, -0.2) is 58.1 Å². The normalized spacial score (nSPS) is 12.8. The molecule has 8 nitrogen and oxygen atoms in total. The van der Waals surface area contributed by atoms with Crippen molar-refractivity contribution in [1.29, 1.82) is 0 Å². The van der Waals surface area contributed by atoms with Gasteiger partial charge in [0.1, 0.15) is 23.4 Å². The number of nitrogens with zero attached hydrogens (tertiary/aromatic N) is 1. The summed E-state index contributed by atoms with van der Waals surface area (Å²) in [5, 5.41) is 15.6. The lowest BCUT2D eigenvalue weighted by atomic mass is 10.0. The molecular weight excluding hydrogens is 502 g/mol. The van der Waals surface area contributed by atoms with Crippen molar-refractivity contribution in [1.82, 2.24) is 15.5 Å². The van der Waals surface area contributed by atoms with Crippen molar-refractivity contribution in [2.24, 2.45) is 0 Å². The fraction of sp³-hybridized carbons (Fsp3) is 0.483. The van der Waals surface area contributed by atoms with Crippen LogP contribution < -0.4 is 10.6 Å². The van der Waals surface area contributed by atoms with Gasteiger partial charge in [-0.15, -0.1) is 0 Å². The van der Waals surface area contributed by atoms with Crippen LogP contribution in [-0.2, 0) is 20.9 Å². The van der Waals surface area contributed by atoms with E-state index in [9.17, 15) is 19.5 Å². The van der Waals surface area contributed by atoms with E-state index in [1.807, 2.05) is 43.5 Å². The van der Waals surface area contributed by atoms with E-state index in [1.54, 1.807) is 49.6 Å². The van der Waals surface area contributed by atoms with Crippen LogP contribution in [0.3, 0.4) is 0 Å². The Morgan fingerprint density at radius 1 is 1.05 bits per heavy atom. The maximum absolute atomic E-state index is 14.0. The van der Waals surface area contributed by atoms with Crippen LogP contribution in [0.2, 0.25) is 0 Å². The number of thioether (sulfide) groups is 1. The zero-order chi connectivity index (χ0) is 28.1. The third-order valence-electron chi connectivity index (χ3n) is 5.71. The number of phenols is 1. The molecule has 2 rings (SSSR count). The van der Waals surface area contributed by atoms with E-state index in [0.29, 0.717) is 37.2 Å². The molecule has 0 spiro atoms. The molecule has 0 fully saturated rings. The quantitative estimate of drug-likeness (QED) is 0.327. The Bertz CT molecular complexity index is 1020. The van der Waals surface area contributed by atoms with Gasteiger partial charge in [-0.2, -0.15) is 11.8 Å². The van der Waals surface area contributed by atoms with Gasteiger partial charge >= 0.3 is 6.09 Å². The van der Waals surface area contributed by atoms with Crippen LogP contribution >= 0.6 is 11.8 Å². The van der Waals surface area contributed by atoms with Crippen molar-refractivity contribution in [2.45, 2.75) is 71.2 Å². The third kappa shape index (κ3) is 10.3. The monoisotopic (exact) mass is 543 g/mol. The van der Waals surface area contributed by atoms with Crippen LogP contribution in [0.15, 0.2) is 54.6 Å². The van der Waals surface area contributed by atoms with Gasteiger partial charge in [-0.1, -0.05) is 55.8 Å². The van der Waals surface area contributed by atoms with Crippen LogP contribution in [0, 0.1) is 0 Å². The molecular formula is C29H41N3O5S. The maximum atomic E-state index is 14.0. The predicted octanol–water partition coefficient (Wildman–Crippen LogP) is 5.02. The molecule has 0 radical (unpaired) electrons. The minimum atomic E-state index is -0.949. The van der Waals surface area contributed by atoms with E-state index in [2.05, 4.69) is 10.6 Å². The standard InChI is InChI=1S/C29H41N3O5S/c1-6-7-18-32(27(35)24(17-19-38-5)31-28(36)37-29(2,3)4)25(22-13-15-23(33)16-14-22)26(34)30-20-21-11-9-8-10-12-21/h8-16,24-25,33H,6-7,17-20H2,1-5H3,(H,30,34)(H,31,36). The van der Waals surface area contributed by atoms with Gasteiger partial charge < -0.3 is 25.4 Å². The van der Waals surface area contributed by atoms with Crippen LogP contribution in [0.1, 0.15) is 64.1 Å². The largest absolute Gasteiger partial charge is 0.508 e. The number of aromatic hydroxyl groups is 1. The SMILES string of the molecule is CCCCN(C(=O)C(CCSC)NC(=O)OC(C)(C)C)C(C(=O)NCc1ccccc1)c1ccc(O)cc1. The first-order valence-electron chi connectivity index (χ1n) is 12.9. The molecule has 2 atom stereocenters. The second kappa shape index (κ2) is 15.3. The van der Waals surface area contributed by atoms with Gasteiger partial charge in [0.15, 0.2) is 0 Å². The topological polar surface area (TPSA) is 108 Å². The molecule has 0 aliphatic carbocycles. The van der Waals surface area contributed by atoms with E-state index in [4.69, 9.17) is 4.74 Å². The highest BCUT2D eigenvalue weighted by Crippen LogP contribution is 2.26. The third-order valence-corrected chi connectivity index (χ3v) is 6.36. The zero-order valence-electron chi connectivity index (χ0n) is 23.0. The second-order valence-corrected chi connectivity index (χ2v) is 11.0. The summed E-state index contributed by atoms with van der Waals surface area (Å²) in [6.07, 6.45) is 3.12. The molecule has 0 saturated heterocycles. The number of benzene rings is 2. The molecule has 0 aliphatic rings. The smallest absolute Gasteiger partial charge is 0.408 e. The molecule has 208 valence electrons. The predicted molar refractivity (Wildman–Crippen MR) is 152 cm³/mol. The van der Waals surface area contributed by atoms with E-state index in [-0.39, 0.29) is 17.6 Å². The first-order valence-corrected chi connectivity index (χ1v) is 14.3. The number of hydrogen-bond acceptors (Lipinski definition) is 6. The maximum Gasteiger partial charge on any atom is 0.408 e. The van der Waals surface area contributed by atoms with Crippen molar-refractivity contribution in [3.05, 3.63) is 65.7 Å². The Morgan fingerprint density at radius 3 is 2.29 bits per heavy atom. The summed E-state index contributed by atoms with van der Waals surface area (Å²) in [7, 11) is 0. The Hall–Kier alpha value is -3.20. The van der Waals surface area contributed by atoms with E-state index < -0.39 is 23.8 Å². The van der Waals surface area contributed by atoms with Crippen molar-refractivity contribution in [2.75, 3.05) is 18.6 Å². The number of unbranched alkanes of at least 4 members (excludes halogenated alkanes) is 1. The summed E-state index contributed by atoms with van der Waals surface area (Å²) in [6, 6.07) is 14.0. The summed E-state index contributed by atoms with van der Waals surface area (Å²) >= 11 is 1.57. The molecule has 0 saturated carbocycles. The summed E-state index contributed by atoms with van der Waals surface area (Å²) < 4.78 is 5.42. The van der Waals surface area contributed by atoms with Gasteiger partial charge in [0, 0.05) is 13.1 Å². The highest BCUT2D eigenvalue weighted by molar-refractivity contribution is 7.98. The summed E-state index contributed by atoms with van der Waals surface area (Å²) in [4.78, 5) is 41.9. The fourth-order valence-corrected chi connectivity index (χ4v) is 4.32. The first kappa shape index (κ1) is 31.0. The Balaban J connectivity index is 2.42. The van der Waals surface area contributed by atoms with Crippen LogP contribution in [0.4, 0.5) is 4.79 Å². The Kier molecular flexibility index (Phi) is 12.5. The summed E-state index contributed by atoms with van der Waals surface area (Å²) in [5.41, 5.74) is 0.783. The van der Waals surface area contributed by atoms with Crippen molar-refractivity contribution >= 4 is 29.7 Å². The first-order chi connectivity index (χ1) is 18.1. The van der Waals surface area contributed by atoms with Gasteiger partial charge in [-0.3, -0.25) is 9.59 Å². The van der Waals surface area contributed by atoms with Crippen LogP contribution in [0.5, 0.6) is 5.75 Å². The molecule has 3 N–H and O–H groups in total. The zero-order valence-corrected chi connectivity index (χ0v) is 23.8. The molecule has 2 aromatic carbocycles. The lowest BCUT2D eigenvalue weighted by Crippen LogP contribution is -2.53. The molecule has 0 aromatic heterocycles. The Morgan fingerprint density at radius 2 is 1.71 bits per heavy atom. The van der Waals surface area contributed by atoms with Gasteiger partial charge in [-0.25, -0.2) is 4.79 Å². The van der Waals surface area contributed by atoms with E-state index in [0.717, 1.165) is 12.0 Å². The van der Waals surface area contributed by atoms with Gasteiger partial charge in [0.05, 0.1) is 0 Å². The average Bonchev–Trinajstić information content (AvgIpc) is 2.87. The number of phenolic OH excluding ortho intramolecular Hbond substituents is 1. The van der Waals surface area contributed by atoms with E-state index in [1.165, 1.54) is 12.1 Å². The molecule has 2 unspecified atom stereocenters. The number of hydrogen-bond donors (Lipinski definition) is 3. The summed E-state index contributed by atoms with van der Waals surface area (Å²) in [5.74, 6) is 0.00185. The number of amides is 3. The highest BCUT2D eigenvalue weighted by Gasteiger charge is 2.35. The van der Waals surface area contributed by atoms with Gasteiger partial charge in [0.25, 0.3) is 0 Å². The molecule has 0 aliphatic heterocycles. The van der Waals surface area contributed by atoms with Crippen molar-refractivity contribution < 1.29 is 24.2 Å². The number of ether oxygens (including phenoxy) is 1. The minimum Gasteiger partial charge on any atom is -0.508 e. The molecule has 38 heavy (non-hydrogen) atoms. The minimum absolute atomic E-state index is 0.0630. The molecule has 2 aromatic rings. The molecule has 3 amide bonds. The Labute approximate surface area is 230 Å². The van der Waals surface area contributed by atoms with Gasteiger partial charge in [-0.05, 0) is 68.9 Å². The highest BCUT2D eigenvalue weighted by atomic mass is 32.2. The lowest BCUT2D eigenvalue weighted by molar-refractivity contribution is -0.142. The number of carbonyl (C=O) groups excluding carboxylic acids is 3. The molecule has 0 bridgehead atoms. The van der Waals surface area contributed by atoms with Crippen molar-refractivity contribution in [3.63, 3.8) is 0 Å². The summed E-state index contributed by atoms with van der Waals surface area (Å²) in [6.45, 7) is 7.92. The number of carbonyl (C=O) groups is 3. The van der Waals surface area contributed by atoms with Crippen LogP contribution in [0.25, 0.3) is 0 Å². The fourth-order valence-electron chi connectivity index (χ4n) is 3.85.